The van der Waals surface area contributed by atoms with Gasteiger partial charge in [0.1, 0.15) is 22.2 Å². The lowest BCUT2D eigenvalue weighted by Crippen LogP contribution is -2.44. The predicted molar refractivity (Wildman–Crippen MR) is 126 cm³/mol. The minimum atomic E-state index is -0.167. The molecule has 0 saturated carbocycles. The van der Waals surface area contributed by atoms with Gasteiger partial charge >= 0.3 is 0 Å². The van der Waals surface area contributed by atoms with Crippen LogP contribution in [0.3, 0.4) is 0 Å². The van der Waals surface area contributed by atoms with Gasteiger partial charge in [0.15, 0.2) is 0 Å². The zero-order valence-electron chi connectivity index (χ0n) is 18.4. The van der Waals surface area contributed by atoms with E-state index in [0.29, 0.717) is 32.1 Å². The molecule has 1 saturated heterocycles. The number of nitrogens with one attached hydrogen (secondary N) is 1. The third kappa shape index (κ3) is 4.79. The molecular weight excluding hydrogens is 424 g/mol. The molecule has 0 aliphatic carbocycles. The van der Waals surface area contributed by atoms with Gasteiger partial charge in [-0.05, 0) is 49.6 Å². The first-order valence-corrected chi connectivity index (χ1v) is 11.7. The van der Waals surface area contributed by atoms with Crippen LogP contribution in [0.2, 0.25) is 0 Å². The second-order valence-corrected chi connectivity index (χ2v) is 8.63. The summed E-state index contributed by atoms with van der Waals surface area (Å²) in [4.78, 5) is 17.5. The number of hydrogen-bond donors (Lipinski definition) is 1. The van der Waals surface area contributed by atoms with E-state index >= 15 is 0 Å². The van der Waals surface area contributed by atoms with Crippen LogP contribution in [0.15, 0.2) is 53.9 Å². The number of amides is 1. The van der Waals surface area contributed by atoms with E-state index in [1.54, 1.807) is 12.5 Å². The molecule has 7 heteroatoms. The number of carbonyl (C=O) groups is 1. The fourth-order valence-corrected chi connectivity index (χ4v) is 4.89. The van der Waals surface area contributed by atoms with Crippen molar-refractivity contribution in [3.63, 3.8) is 0 Å². The van der Waals surface area contributed by atoms with Gasteiger partial charge in [-0.25, -0.2) is 4.98 Å². The number of benzene rings is 2. The fraction of sp³-hybridized carbons (Fsp3) is 0.360. The van der Waals surface area contributed by atoms with Gasteiger partial charge < -0.3 is 19.5 Å². The summed E-state index contributed by atoms with van der Waals surface area (Å²) in [6.45, 7) is 4.50. The summed E-state index contributed by atoms with van der Waals surface area (Å²) in [7, 11) is 1.63. The molecule has 0 radical (unpaired) electrons. The van der Waals surface area contributed by atoms with Gasteiger partial charge in [0, 0.05) is 30.6 Å². The van der Waals surface area contributed by atoms with Crippen molar-refractivity contribution in [1.29, 1.82) is 0 Å². The van der Waals surface area contributed by atoms with Crippen LogP contribution in [0.25, 0.3) is 10.6 Å². The number of nitrogens with zero attached hydrogens (tertiary/aromatic N) is 1. The zero-order chi connectivity index (χ0) is 22.4. The number of methoxy groups -OCH3 is 1. The van der Waals surface area contributed by atoms with E-state index in [2.05, 4.69) is 22.4 Å². The molecule has 6 nitrogen and oxygen atoms in total. The number of carbonyl (C=O) groups excluding carboxylic acids is 1. The molecule has 1 amide bonds. The number of thiazole rings is 1. The third-order valence-electron chi connectivity index (χ3n) is 5.89. The normalized spacial score (nSPS) is 15.2. The largest absolute Gasteiger partial charge is 0.496 e. The molecule has 0 spiro atoms. The zero-order valence-corrected chi connectivity index (χ0v) is 19.2. The van der Waals surface area contributed by atoms with Crippen molar-refractivity contribution in [2.24, 2.45) is 0 Å². The first-order chi connectivity index (χ1) is 15.6. The molecule has 0 atom stereocenters. The van der Waals surface area contributed by atoms with E-state index in [1.807, 2.05) is 43.3 Å². The first-order valence-electron chi connectivity index (χ1n) is 10.8. The molecule has 1 aliphatic rings. The van der Waals surface area contributed by atoms with Crippen LogP contribution in [0, 0.1) is 0 Å². The number of para-hydroxylation sites is 1. The second kappa shape index (κ2) is 10.1. The standard InChI is InChI=1S/C25H28N2O4S/c1-3-31-19-10-8-18(9-11-19)25(12-14-30-15-13-25)17-26-23(28)21-16-32-24(27-21)20-6-4-5-7-22(20)29-2/h4-11,16H,3,12-15,17H2,1-2H3,(H,26,28). The molecule has 0 unspecified atom stereocenters. The van der Waals surface area contributed by atoms with E-state index < -0.39 is 0 Å². The maximum atomic E-state index is 12.9. The highest BCUT2D eigenvalue weighted by atomic mass is 32.1. The van der Waals surface area contributed by atoms with Crippen molar-refractivity contribution in [2.45, 2.75) is 25.2 Å². The van der Waals surface area contributed by atoms with E-state index in [1.165, 1.54) is 16.9 Å². The van der Waals surface area contributed by atoms with Gasteiger partial charge in [0.25, 0.3) is 5.91 Å². The van der Waals surface area contributed by atoms with Crippen LogP contribution in [-0.4, -0.2) is 44.4 Å². The van der Waals surface area contributed by atoms with Gasteiger partial charge in [0.05, 0.1) is 19.3 Å². The van der Waals surface area contributed by atoms with Gasteiger partial charge in [-0.3, -0.25) is 4.79 Å². The molecule has 1 fully saturated rings. The minimum absolute atomic E-state index is 0.167. The molecule has 4 rings (SSSR count). The first kappa shape index (κ1) is 22.3. The highest BCUT2D eigenvalue weighted by Gasteiger charge is 2.35. The number of ether oxygens (including phenoxy) is 3. The molecule has 168 valence electrons. The van der Waals surface area contributed by atoms with Crippen LogP contribution >= 0.6 is 11.3 Å². The summed E-state index contributed by atoms with van der Waals surface area (Å²) in [6.07, 6.45) is 1.70. The molecule has 1 N–H and O–H groups in total. The summed E-state index contributed by atoms with van der Waals surface area (Å²) in [6, 6.07) is 15.9. The Morgan fingerprint density at radius 1 is 1.16 bits per heavy atom. The second-order valence-electron chi connectivity index (χ2n) is 7.77. The smallest absolute Gasteiger partial charge is 0.270 e. The van der Waals surface area contributed by atoms with E-state index in [0.717, 1.165) is 34.9 Å². The van der Waals surface area contributed by atoms with Crippen molar-refractivity contribution in [3.8, 4) is 22.1 Å². The minimum Gasteiger partial charge on any atom is -0.496 e. The Labute approximate surface area is 192 Å². The summed E-state index contributed by atoms with van der Waals surface area (Å²) in [5.74, 6) is 1.43. The van der Waals surface area contributed by atoms with Gasteiger partial charge in [-0.1, -0.05) is 24.3 Å². The van der Waals surface area contributed by atoms with Gasteiger partial charge in [-0.15, -0.1) is 11.3 Å². The van der Waals surface area contributed by atoms with Crippen LogP contribution in [0.5, 0.6) is 11.5 Å². The molecule has 0 bridgehead atoms. The molecule has 1 aromatic heterocycles. The number of hydrogen-bond acceptors (Lipinski definition) is 6. The fourth-order valence-electron chi connectivity index (χ4n) is 4.06. The van der Waals surface area contributed by atoms with Crippen molar-refractivity contribution in [2.75, 3.05) is 33.5 Å². The van der Waals surface area contributed by atoms with E-state index in [9.17, 15) is 4.79 Å². The van der Waals surface area contributed by atoms with Crippen molar-refractivity contribution in [1.82, 2.24) is 10.3 Å². The van der Waals surface area contributed by atoms with Crippen LogP contribution < -0.4 is 14.8 Å². The maximum Gasteiger partial charge on any atom is 0.270 e. The Kier molecular flexibility index (Phi) is 7.07. The van der Waals surface area contributed by atoms with Crippen molar-refractivity contribution < 1.29 is 19.0 Å². The molecular formula is C25H28N2O4S. The third-order valence-corrected chi connectivity index (χ3v) is 6.76. The molecule has 3 aromatic rings. The quantitative estimate of drug-likeness (QED) is 0.537. The lowest BCUT2D eigenvalue weighted by molar-refractivity contribution is 0.0486. The summed E-state index contributed by atoms with van der Waals surface area (Å²) < 4.78 is 16.6. The number of rotatable bonds is 8. The SMILES string of the molecule is CCOc1ccc(C2(CNC(=O)c3csc(-c4ccccc4OC)n3)CCOCC2)cc1. The average molecular weight is 453 g/mol. The van der Waals surface area contributed by atoms with Gasteiger partial charge in [0.2, 0.25) is 0 Å². The Morgan fingerprint density at radius 2 is 1.91 bits per heavy atom. The van der Waals surface area contributed by atoms with Crippen LogP contribution in [0.4, 0.5) is 0 Å². The number of aromatic nitrogens is 1. The highest BCUT2D eigenvalue weighted by molar-refractivity contribution is 7.13. The Balaban J connectivity index is 1.49. The van der Waals surface area contributed by atoms with Crippen LogP contribution in [0.1, 0.15) is 35.8 Å². The maximum absolute atomic E-state index is 12.9. The van der Waals surface area contributed by atoms with Crippen LogP contribution in [-0.2, 0) is 10.2 Å². The highest BCUT2D eigenvalue weighted by Crippen LogP contribution is 2.36. The topological polar surface area (TPSA) is 69.7 Å². The average Bonchev–Trinajstić information content (AvgIpc) is 3.34. The van der Waals surface area contributed by atoms with Crippen molar-refractivity contribution in [3.05, 3.63) is 65.2 Å². The summed E-state index contributed by atoms with van der Waals surface area (Å²) >= 11 is 1.44. The summed E-state index contributed by atoms with van der Waals surface area (Å²) in [5.41, 5.74) is 2.33. The van der Waals surface area contributed by atoms with E-state index in [-0.39, 0.29) is 11.3 Å². The molecule has 2 heterocycles. The predicted octanol–water partition coefficient (Wildman–Crippen LogP) is 4.70. The van der Waals surface area contributed by atoms with Gasteiger partial charge in [-0.2, -0.15) is 0 Å². The Bertz CT molecular complexity index is 1040. The molecule has 1 aliphatic heterocycles. The molecule has 32 heavy (non-hydrogen) atoms. The Morgan fingerprint density at radius 3 is 2.62 bits per heavy atom. The lowest BCUT2D eigenvalue weighted by Gasteiger charge is -2.38. The molecule has 2 aromatic carbocycles. The van der Waals surface area contributed by atoms with E-state index in [4.69, 9.17) is 14.2 Å². The summed E-state index contributed by atoms with van der Waals surface area (Å²) in [5, 5.41) is 5.69. The Hall–Kier alpha value is -2.90. The lowest BCUT2D eigenvalue weighted by atomic mass is 9.74. The monoisotopic (exact) mass is 452 g/mol. The van der Waals surface area contributed by atoms with Crippen molar-refractivity contribution >= 4 is 17.2 Å².